The number of aromatic nitrogens is 14. The van der Waals surface area contributed by atoms with Gasteiger partial charge in [0.05, 0.1) is 34.5 Å². The lowest BCUT2D eigenvalue weighted by Crippen LogP contribution is -2.50. The molecule has 3 fully saturated rings. The molecular formula is C89H97Cl2N29O22S5. The van der Waals surface area contributed by atoms with Crippen molar-refractivity contribution in [2.45, 2.75) is 92.5 Å². The number of non-ortho nitro benzene ring substituents is 3. The molecule has 147 heavy (non-hydrogen) atoms. The van der Waals surface area contributed by atoms with Gasteiger partial charge in [-0.1, -0.05) is 129 Å². The van der Waals surface area contributed by atoms with Crippen molar-refractivity contribution in [3.05, 3.63) is 223 Å². The SMILES string of the molecule is CC#N.CC(C)(C)OC(=O)N1CCN(c2cc(=O)n3nc(-c4cccc(N)c4)sc3n2)CC1.CC(C)(C)OC(=O)N1CCN(c2cc(=O)n3nc(-c4cccc([N+](=O)[O-])c4)sc3n2)CC1.CC(C)(C)OC(=O)NCC(=O)O.COC(=O)CC(=O)Cl.NCC(=O)Nc1cccc(-c2nn3c(=O)cc(N4CCNCC4)nc3s2)c1.Nc1nnc(-c2cccc([N+](=O)[O-])c2)s1.O=c1cc(Cl)nc2sc(-c3cccc([N+](=O)[O-])c3)nn12. The van der Waals surface area contributed by atoms with E-state index in [0.29, 0.717) is 148 Å². The second kappa shape index (κ2) is 51.4. The van der Waals surface area contributed by atoms with Crippen LogP contribution in [-0.2, 0) is 38.1 Å². The number of hydrogen-bond acceptors (Lipinski definition) is 44. The van der Waals surface area contributed by atoms with Crippen molar-refractivity contribution in [1.82, 2.24) is 89.0 Å². The predicted octanol–water partition coefficient (Wildman–Crippen LogP) is 10.9. The summed E-state index contributed by atoms with van der Waals surface area (Å²) in [4.78, 5) is 186. The van der Waals surface area contributed by atoms with Gasteiger partial charge in [-0.2, -0.15) is 43.7 Å². The molecule has 5 aromatic carbocycles. The zero-order valence-electron chi connectivity index (χ0n) is 80.3. The molecule has 0 unspecified atom stereocenters. The molecule has 0 aliphatic carbocycles. The number of esters is 1. The number of carbonyl (C=O) groups excluding carboxylic acids is 6. The number of hydrogen-bond donors (Lipinski definition) is 7. The van der Waals surface area contributed by atoms with E-state index in [0.717, 1.165) is 59.2 Å². The fourth-order valence-electron chi connectivity index (χ4n) is 12.8. The van der Waals surface area contributed by atoms with Crippen LogP contribution in [-0.4, -0.2) is 255 Å². The van der Waals surface area contributed by atoms with Crippen molar-refractivity contribution in [3.8, 4) is 58.9 Å². The van der Waals surface area contributed by atoms with Gasteiger partial charge < -0.3 is 81.7 Å². The number of nitrogens with two attached hydrogens (primary N) is 3. The van der Waals surface area contributed by atoms with Crippen LogP contribution in [0, 0.1) is 41.7 Å². The predicted molar refractivity (Wildman–Crippen MR) is 553 cm³/mol. The van der Waals surface area contributed by atoms with Gasteiger partial charge in [0.25, 0.3) is 39.3 Å². The van der Waals surface area contributed by atoms with E-state index in [9.17, 15) is 83.1 Å². The number of ether oxygens (including phenoxy) is 4. The lowest BCUT2D eigenvalue weighted by atomic mass is 10.2. The lowest BCUT2D eigenvalue weighted by molar-refractivity contribution is -0.385. The Balaban J connectivity index is 0.000000181. The molecule has 0 spiro atoms. The molecule has 9 aromatic heterocycles. The smallest absolute Gasteiger partial charge is 0.410 e. The molecule has 17 rings (SSSR count). The van der Waals surface area contributed by atoms with Gasteiger partial charge in [-0.15, -0.1) is 10.2 Å². The van der Waals surface area contributed by atoms with E-state index in [1.807, 2.05) is 81.7 Å². The number of anilines is 6. The molecule has 0 radical (unpaired) electrons. The minimum atomic E-state index is -1.10. The van der Waals surface area contributed by atoms with Gasteiger partial charge in [-0.25, -0.2) is 34.3 Å². The second-order valence-electron chi connectivity index (χ2n) is 33.7. The summed E-state index contributed by atoms with van der Waals surface area (Å²) in [6.07, 6.45) is -1.74. The molecule has 774 valence electrons. The molecule has 14 aromatic rings. The Morgan fingerprint density at radius 2 is 0.850 bits per heavy atom. The zero-order chi connectivity index (χ0) is 107. The maximum Gasteiger partial charge on any atom is 0.410 e. The molecule has 51 nitrogen and oxygen atoms in total. The molecule has 0 bridgehead atoms. The number of nitriles is 1. The van der Waals surface area contributed by atoms with Gasteiger partial charge in [-0.05, 0) is 98.2 Å². The van der Waals surface area contributed by atoms with E-state index in [1.165, 1.54) is 128 Å². The van der Waals surface area contributed by atoms with Crippen molar-refractivity contribution < 1.29 is 72.4 Å². The molecule has 58 heteroatoms. The highest BCUT2D eigenvalue weighted by molar-refractivity contribution is 7.21. The van der Waals surface area contributed by atoms with Crippen LogP contribution in [0.3, 0.4) is 0 Å². The fourth-order valence-corrected chi connectivity index (χ4v) is 17.3. The first-order valence-corrected chi connectivity index (χ1v) is 48.6. The summed E-state index contributed by atoms with van der Waals surface area (Å²) in [7, 11) is 1.20. The first-order valence-electron chi connectivity index (χ1n) is 43.8. The summed E-state index contributed by atoms with van der Waals surface area (Å²) < 4.78 is 24.7. The lowest BCUT2D eigenvalue weighted by Gasteiger charge is -2.36. The highest BCUT2D eigenvalue weighted by Crippen LogP contribution is 2.34. The molecule has 3 aliphatic heterocycles. The number of rotatable bonds is 17. The van der Waals surface area contributed by atoms with Crippen molar-refractivity contribution in [2.75, 3.05) is 130 Å². The van der Waals surface area contributed by atoms with Crippen LogP contribution in [0.4, 0.5) is 65.4 Å². The third-order valence-corrected chi connectivity index (χ3v) is 24.2. The van der Waals surface area contributed by atoms with Crippen LogP contribution >= 0.6 is 79.9 Å². The van der Waals surface area contributed by atoms with Crippen molar-refractivity contribution in [3.63, 3.8) is 0 Å². The molecule has 10 N–H and O–H groups in total. The van der Waals surface area contributed by atoms with E-state index in [2.05, 4.69) is 76.1 Å². The summed E-state index contributed by atoms with van der Waals surface area (Å²) >= 11 is 16.7. The topological polar surface area (TPSA) is 675 Å². The van der Waals surface area contributed by atoms with Crippen LogP contribution < -0.4 is 70.1 Å². The number of alkyl carbamates (subject to hydrolysis) is 1. The van der Waals surface area contributed by atoms with Gasteiger partial charge in [0.1, 0.15) is 77.4 Å². The maximum atomic E-state index is 12.6. The number of aliphatic carboxylic acids is 1. The minimum Gasteiger partial charge on any atom is -0.480 e. The number of amides is 4. The van der Waals surface area contributed by atoms with Gasteiger partial charge in [0, 0.05) is 185 Å². The Hall–Kier alpha value is -16.2. The summed E-state index contributed by atoms with van der Waals surface area (Å²) in [6.45, 7) is 24.5. The third-order valence-electron chi connectivity index (χ3n) is 19.2. The maximum absolute atomic E-state index is 12.6. The quantitative estimate of drug-likeness (QED) is 0.00651. The van der Waals surface area contributed by atoms with Crippen molar-refractivity contribution in [1.29, 1.82) is 5.26 Å². The van der Waals surface area contributed by atoms with Gasteiger partial charge in [0.2, 0.25) is 36.1 Å². The first-order chi connectivity index (χ1) is 69.5. The van der Waals surface area contributed by atoms with E-state index < -0.39 is 67.0 Å². The summed E-state index contributed by atoms with van der Waals surface area (Å²) in [5, 5.41) is 83.1. The number of carbonyl (C=O) groups is 7. The Morgan fingerprint density at radius 1 is 0.497 bits per heavy atom. The Bertz CT molecular complexity index is 7450. The van der Waals surface area contributed by atoms with Gasteiger partial charge in [-0.3, -0.25) is 68.7 Å². The number of benzene rings is 5. The summed E-state index contributed by atoms with van der Waals surface area (Å²) in [5.74, 6) is -0.193. The number of piperazine rings is 3. The van der Waals surface area contributed by atoms with E-state index >= 15 is 0 Å². The highest BCUT2D eigenvalue weighted by atomic mass is 35.5. The first kappa shape index (κ1) is 113. The summed E-state index contributed by atoms with van der Waals surface area (Å²) in [6, 6.07) is 40.3. The van der Waals surface area contributed by atoms with Gasteiger partial charge >= 0.3 is 30.2 Å². The minimum absolute atomic E-state index is 0.0290. The van der Waals surface area contributed by atoms with E-state index in [-0.39, 0.29) is 70.0 Å². The molecule has 3 saturated heterocycles. The standard InChI is InChI=1S/C20H22N6O5S.C20H24N6O3S.C17H19N7O2S.C11H5ClN4O3S.C8H6N4O2S.C7H13NO4.C4H5ClO3.C2H3N/c1-20(2,3)31-19(28)24-9-7-23(8-10-24)15-12-16(27)25-18(21-15)32-17(22-25)13-5-4-6-14(11-13)26(29)30;1-20(2,3)29-19(28)25-9-7-24(8-10-25)15-12-16(27)26-18(22-15)30-17(23-26)13-5-4-6-14(21)11-13;18-10-14(25)20-12-3-1-2-11(8-12)16-22-24-15(26)9-13(21-17(24)27-16)23-6-4-19-5-7-23;12-8-5-9(17)15-11(13-8)20-10(14-15)6-2-1-3-7(4-6)16(18)19;9-8-11-10-7(15-8)5-2-1-3-6(4-5)12(13)14;1-7(2,3)12-6(11)8-4-5(9)10;1-8-4(7)2-3(5)6;1-2-3/h4-6,11-12H,7-10H2,1-3H3;4-6,11-12H,7-10,21H2,1-3H3;1-3,8-9,19H,4-7,10,18H2,(H,20,25);1-5H;1-4H,(H2,9,11);4H2,1-3H3,(H,8,11)(H,9,10);2H2,1H3;1H3. The normalized spacial score (nSPS) is 12.8. The van der Waals surface area contributed by atoms with Crippen LogP contribution in [0.25, 0.3) is 72.7 Å². The Labute approximate surface area is 863 Å². The van der Waals surface area contributed by atoms with Crippen LogP contribution in [0.2, 0.25) is 5.15 Å². The fraction of sp³-hybridized carbons (Fsp3) is 0.326. The monoisotopic (exact) mass is 2150 g/mol. The Kier molecular flexibility index (Phi) is 39.4. The van der Waals surface area contributed by atoms with Crippen molar-refractivity contribution in [2.24, 2.45) is 5.73 Å². The number of nitrogens with zero attached hydrogens (tertiary/aromatic N) is 23. The number of fused-ring (bicyclic) bond motifs is 4. The number of nitro benzene ring substituents is 3. The number of carboxylic acid groups (broad SMARTS) is 1. The highest BCUT2D eigenvalue weighted by Gasteiger charge is 2.31. The van der Waals surface area contributed by atoms with Gasteiger partial charge in [0.15, 0.2) is 0 Å². The van der Waals surface area contributed by atoms with Crippen molar-refractivity contribution >= 4 is 192 Å². The average Bonchev–Trinajstić information content (AvgIpc) is 1.66. The molecule has 0 atom stereocenters. The van der Waals surface area contributed by atoms with Crippen LogP contribution in [0.15, 0.2) is 165 Å². The molecule has 12 heterocycles. The zero-order valence-corrected chi connectivity index (χ0v) is 85.9. The molecular weight excluding hydrogens is 2060 g/mol. The average molecular weight is 2160 g/mol. The van der Waals surface area contributed by atoms with E-state index in [4.69, 9.17) is 65.0 Å². The number of nitrogens with one attached hydrogen (secondary N) is 3. The number of methoxy groups -OCH3 is 1. The largest absolute Gasteiger partial charge is 0.480 e. The third kappa shape index (κ3) is 33.7. The molecule has 3 aliphatic rings. The Morgan fingerprint density at radius 3 is 1.19 bits per heavy atom. The summed E-state index contributed by atoms with van der Waals surface area (Å²) in [5.41, 5.74) is 18.3. The number of halogens is 2. The number of carboxylic acids is 1. The van der Waals surface area contributed by atoms with Crippen LogP contribution in [0.5, 0.6) is 0 Å². The number of nitro groups is 3. The van der Waals surface area contributed by atoms with Crippen LogP contribution in [0.1, 0.15) is 75.7 Å². The molecule has 4 amide bonds. The molecule has 0 saturated carbocycles. The second-order valence-corrected chi connectivity index (χ2v) is 39.4. The number of nitrogen functional groups attached to an aromatic ring is 2. The van der Waals surface area contributed by atoms with E-state index in [1.54, 1.807) is 91.2 Å².